The standard InChI is InChI=1S/C13H14ClFN2O2.ClH/c1-7-4-5-13(6-16-7)10-9(17-12(18)19-13)3-2-8(14)11(10)15;/h2-3,7,16H,4-6H2,1H3,(H,17,18);1H. The fourth-order valence-electron chi connectivity index (χ4n) is 2.74. The third-order valence-electron chi connectivity index (χ3n) is 3.79. The first-order valence-electron chi connectivity index (χ1n) is 6.24. The molecule has 0 aliphatic carbocycles. The molecule has 1 aromatic rings. The molecule has 4 nitrogen and oxygen atoms in total. The van der Waals surface area contributed by atoms with Crippen LogP contribution in [0.4, 0.5) is 14.9 Å². The third-order valence-corrected chi connectivity index (χ3v) is 4.08. The first-order valence-corrected chi connectivity index (χ1v) is 6.61. The maximum atomic E-state index is 14.3. The summed E-state index contributed by atoms with van der Waals surface area (Å²) in [6, 6.07) is 3.37. The highest BCUT2D eigenvalue weighted by Gasteiger charge is 2.46. The number of rotatable bonds is 0. The molecule has 0 radical (unpaired) electrons. The predicted octanol–water partition coefficient (Wildman–Crippen LogP) is 3.43. The summed E-state index contributed by atoms with van der Waals surface area (Å²) >= 11 is 5.85. The highest BCUT2D eigenvalue weighted by molar-refractivity contribution is 6.31. The van der Waals surface area contributed by atoms with Crippen molar-refractivity contribution in [2.45, 2.75) is 31.4 Å². The fourth-order valence-corrected chi connectivity index (χ4v) is 2.90. The van der Waals surface area contributed by atoms with Gasteiger partial charge in [0.05, 0.1) is 16.3 Å². The van der Waals surface area contributed by atoms with Gasteiger partial charge in [0.1, 0.15) is 0 Å². The number of fused-ring (bicyclic) bond motifs is 2. The zero-order valence-corrected chi connectivity index (χ0v) is 12.4. The van der Waals surface area contributed by atoms with E-state index in [-0.39, 0.29) is 17.4 Å². The van der Waals surface area contributed by atoms with Gasteiger partial charge in [-0.15, -0.1) is 12.4 Å². The van der Waals surface area contributed by atoms with Gasteiger partial charge in [-0.3, -0.25) is 5.32 Å². The zero-order valence-electron chi connectivity index (χ0n) is 10.8. The van der Waals surface area contributed by atoms with E-state index in [2.05, 4.69) is 10.6 Å². The predicted molar refractivity (Wildman–Crippen MR) is 77.1 cm³/mol. The number of nitrogens with one attached hydrogen (secondary N) is 2. The van der Waals surface area contributed by atoms with Crippen LogP contribution in [-0.4, -0.2) is 18.7 Å². The highest BCUT2D eigenvalue weighted by Crippen LogP contribution is 2.44. The lowest BCUT2D eigenvalue weighted by atomic mass is 9.82. The summed E-state index contributed by atoms with van der Waals surface area (Å²) in [5.41, 5.74) is -0.174. The molecule has 7 heteroatoms. The van der Waals surface area contributed by atoms with Crippen molar-refractivity contribution in [2.24, 2.45) is 0 Å². The molecule has 1 aromatic carbocycles. The molecule has 3 rings (SSSR count). The quantitative estimate of drug-likeness (QED) is 0.770. The van der Waals surface area contributed by atoms with Gasteiger partial charge in [-0.25, -0.2) is 9.18 Å². The number of benzene rings is 1. The summed E-state index contributed by atoms with van der Waals surface area (Å²) < 4.78 is 19.8. The second-order valence-electron chi connectivity index (χ2n) is 5.11. The van der Waals surface area contributed by atoms with Crippen LogP contribution in [-0.2, 0) is 10.3 Å². The average Bonchev–Trinajstić information content (AvgIpc) is 2.37. The number of hydrogen-bond donors (Lipinski definition) is 2. The van der Waals surface area contributed by atoms with Gasteiger partial charge >= 0.3 is 6.09 Å². The molecule has 20 heavy (non-hydrogen) atoms. The van der Waals surface area contributed by atoms with Gasteiger partial charge in [0.25, 0.3) is 0 Å². The molecule has 2 aliphatic heterocycles. The summed E-state index contributed by atoms with van der Waals surface area (Å²) in [5.74, 6) is -0.518. The van der Waals surface area contributed by atoms with Crippen molar-refractivity contribution in [3.05, 3.63) is 28.5 Å². The minimum atomic E-state index is -0.959. The molecule has 0 aromatic heterocycles. The van der Waals surface area contributed by atoms with E-state index in [1.54, 1.807) is 6.07 Å². The third kappa shape index (κ3) is 2.34. The normalized spacial score (nSPS) is 28.1. The van der Waals surface area contributed by atoms with E-state index in [4.69, 9.17) is 16.3 Å². The van der Waals surface area contributed by atoms with Gasteiger partial charge in [-0.1, -0.05) is 11.6 Å². The van der Waals surface area contributed by atoms with Crippen molar-refractivity contribution in [3.8, 4) is 0 Å². The summed E-state index contributed by atoms with van der Waals surface area (Å²) in [4.78, 5) is 11.7. The Kier molecular flexibility index (Phi) is 4.14. The molecular weight excluding hydrogens is 306 g/mol. The van der Waals surface area contributed by atoms with E-state index < -0.39 is 17.5 Å². The molecule has 0 saturated carbocycles. The lowest BCUT2D eigenvalue weighted by Gasteiger charge is -2.43. The first-order chi connectivity index (χ1) is 9.02. The minimum absolute atomic E-state index is 0. The highest BCUT2D eigenvalue weighted by atomic mass is 35.5. The Bertz CT molecular complexity index is 545. The molecule has 2 N–H and O–H groups in total. The molecule has 2 aliphatic rings. The summed E-state index contributed by atoms with van der Waals surface area (Å²) in [6.45, 7) is 2.44. The van der Waals surface area contributed by atoms with Crippen LogP contribution < -0.4 is 10.6 Å². The van der Waals surface area contributed by atoms with E-state index in [1.165, 1.54) is 6.07 Å². The number of carbonyl (C=O) groups excluding carboxylic acids is 1. The molecule has 2 atom stereocenters. The molecule has 1 amide bonds. The van der Waals surface area contributed by atoms with Crippen LogP contribution in [0.3, 0.4) is 0 Å². The van der Waals surface area contributed by atoms with E-state index in [0.717, 1.165) is 6.42 Å². The summed E-state index contributed by atoms with van der Waals surface area (Å²) in [6.07, 6.45) is 0.836. The van der Waals surface area contributed by atoms with Gasteiger partial charge in [-0.2, -0.15) is 0 Å². The Morgan fingerprint density at radius 2 is 2.25 bits per heavy atom. The van der Waals surface area contributed by atoms with Crippen molar-refractivity contribution in [3.63, 3.8) is 0 Å². The molecule has 1 fully saturated rings. The number of anilines is 1. The second-order valence-corrected chi connectivity index (χ2v) is 5.52. The smallest absolute Gasteiger partial charge is 0.412 e. The van der Waals surface area contributed by atoms with Crippen molar-refractivity contribution >= 4 is 35.8 Å². The fraction of sp³-hybridized carbons (Fsp3) is 0.462. The number of ether oxygens (including phenoxy) is 1. The van der Waals surface area contributed by atoms with E-state index in [1.807, 2.05) is 6.92 Å². The number of amides is 1. The van der Waals surface area contributed by atoms with Gasteiger partial charge in [0.15, 0.2) is 11.4 Å². The van der Waals surface area contributed by atoms with Crippen LogP contribution in [0.25, 0.3) is 0 Å². The molecule has 2 unspecified atom stereocenters. The van der Waals surface area contributed by atoms with Crippen LogP contribution in [0.15, 0.2) is 12.1 Å². The largest absolute Gasteiger partial charge is 0.436 e. The van der Waals surface area contributed by atoms with Gasteiger partial charge in [0.2, 0.25) is 0 Å². The molecule has 0 bridgehead atoms. The number of carbonyl (C=O) groups is 1. The Morgan fingerprint density at radius 1 is 1.50 bits per heavy atom. The molecule has 110 valence electrons. The lowest BCUT2D eigenvalue weighted by Crippen LogP contribution is -2.53. The number of piperidine rings is 1. The number of halogens is 3. The average molecular weight is 321 g/mol. The molecule has 2 heterocycles. The van der Waals surface area contributed by atoms with Crippen LogP contribution >= 0.6 is 24.0 Å². The van der Waals surface area contributed by atoms with Gasteiger partial charge in [-0.05, 0) is 31.9 Å². The first kappa shape index (κ1) is 15.4. The summed E-state index contributed by atoms with van der Waals surface area (Å²) in [5, 5.41) is 5.80. The van der Waals surface area contributed by atoms with Crippen molar-refractivity contribution in [2.75, 3.05) is 11.9 Å². The zero-order chi connectivity index (χ0) is 13.6. The second kappa shape index (κ2) is 5.39. The molecule has 1 saturated heterocycles. The van der Waals surface area contributed by atoms with Crippen LogP contribution in [0.1, 0.15) is 25.3 Å². The Morgan fingerprint density at radius 3 is 2.90 bits per heavy atom. The van der Waals surface area contributed by atoms with E-state index >= 15 is 0 Å². The van der Waals surface area contributed by atoms with Crippen LogP contribution in [0.5, 0.6) is 0 Å². The molecular formula is C13H15Cl2FN2O2. The lowest BCUT2D eigenvalue weighted by molar-refractivity contribution is -0.0165. The Hall–Kier alpha value is -1.04. The van der Waals surface area contributed by atoms with E-state index in [9.17, 15) is 9.18 Å². The van der Waals surface area contributed by atoms with Crippen molar-refractivity contribution in [1.82, 2.24) is 5.32 Å². The Labute approximate surface area is 127 Å². The monoisotopic (exact) mass is 320 g/mol. The van der Waals surface area contributed by atoms with Crippen LogP contribution in [0.2, 0.25) is 5.02 Å². The number of hydrogen-bond acceptors (Lipinski definition) is 3. The molecule has 1 spiro atoms. The van der Waals surface area contributed by atoms with Gasteiger partial charge in [0, 0.05) is 12.6 Å². The van der Waals surface area contributed by atoms with Crippen LogP contribution in [0, 0.1) is 5.82 Å². The SMILES string of the molecule is CC1CCC2(CN1)OC(=O)Nc1ccc(Cl)c(F)c12.Cl. The van der Waals surface area contributed by atoms with Crippen molar-refractivity contribution in [1.29, 1.82) is 0 Å². The maximum Gasteiger partial charge on any atom is 0.412 e. The van der Waals surface area contributed by atoms with E-state index in [0.29, 0.717) is 30.3 Å². The Balaban J connectivity index is 0.00000147. The van der Waals surface area contributed by atoms with Gasteiger partial charge < -0.3 is 10.1 Å². The minimum Gasteiger partial charge on any atom is -0.436 e. The summed E-state index contributed by atoms with van der Waals surface area (Å²) in [7, 11) is 0. The topological polar surface area (TPSA) is 50.4 Å². The maximum absolute atomic E-state index is 14.3. The van der Waals surface area contributed by atoms with Crippen molar-refractivity contribution < 1.29 is 13.9 Å².